The molecule has 0 fully saturated rings. The van der Waals surface area contributed by atoms with Crippen molar-refractivity contribution in [2.24, 2.45) is 0 Å². The van der Waals surface area contributed by atoms with Gasteiger partial charge in [-0.2, -0.15) is 0 Å². The zero-order valence-corrected chi connectivity index (χ0v) is 21.7. The molecule has 0 saturated carbocycles. The second-order valence-corrected chi connectivity index (χ2v) is 9.67. The average Bonchev–Trinajstić information content (AvgIpc) is 3.23. The van der Waals surface area contributed by atoms with E-state index >= 15 is 0 Å². The summed E-state index contributed by atoms with van der Waals surface area (Å²) in [5.74, 6) is -2.78. The number of carbonyl (C=O) groups excluding carboxylic acids is 2. The van der Waals surface area contributed by atoms with Gasteiger partial charge in [0.25, 0.3) is 11.8 Å². The number of rotatable bonds is 8. The van der Waals surface area contributed by atoms with Crippen molar-refractivity contribution in [2.45, 2.75) is 19.1 Å². The molecule has 1 N–H and O–H groups in total. The van der Waals surface area contributed by atoms with Crippen LogP contribution < -0.4 is 4.74 Å². The van der Waals surface area contributed by atoms with Crippen molar-refractivity contribution in [3.63, 3.8) is 0 Å². The number of halogens is 1. The minimum atomic E-state index is -1.16. The molecule has 2 amide bonds. The molecule has 0 bridgehead atoms. The van der Waals surface area contributed by atoms with Crippen molar-refractivity contribution in [1.82, 2.24) is 9.88 Å². The fourth-order valence-electron chi connectivity index (χ4n) is 5.22. The first kappa shape index (κ1) is 25.9. The summed E-state index contributed by atoms with van der Waals surface area (Å²) in [6, 6.07) is 27.7. The standard InChI is InChI=1S/C33H23FN2O5/c34-23-15-13-20(14-16-23)19-36-32(39)27-25(18-26(37)38)24-12-7-17-35-29(24)31(28(27)33(36)40)41-30(21-8-3-1-4-9-21)22-10-5-2-6-11-22/h1-17,30H,18-19H2,(H,37,38). The van der Waals surface area contributed by atoms with Crippen molar-refractivity contribution in [3.8, 4) is 5.75 Å². The normalized spacial score (nSPS) is 12.7. The largest absolute Gasteiger partial charge is 0.481 e. The Bertz CT molecular complexity index is 1750. The number of imide groups is 1. The lowest BCUT2D eigenvalue weighted by atomic mass is 9.93. The van der Waals surface area contributed by atoms with Gasteiger partial charge in [0, 0.05) is 11.6 Å². The van der Waals surface area contributed by atoms with Crippen LogP contribution in [0.2, 0.25) is 0 Å². The number of ether oxygens (including phenoxy) is 1. The number of aliphatic carboxylic acids is 1. The van der Waals surface area contributed by atoms with Crippen LogP contribution in [-0.2, 0) is 17.8 Å². The fourth-order valence-corrected chi connectivity index (χ4v) is 5.22. The number of fused-ring (bicyclic) bond motifs is 2. The number of carbonyl (C=O) groups is 3. The Morgan fingerprint density at radius 1 is 0.829 bits per heavy atom. The SMILES string of the molecule is O=C(O)Cc1c2c(c(OC(c3ccccc3)c3ccccc3)c3ncccc13)C(=O)N(Cc1ccc(F)cc1)C2=O. The molecule has 6 rings (SSSR count). The number of nitrogens with zero attached hydrogens (tertiary/aromatic N) is 2. The maximum absolute atomic E-state index is 14.0. The summed E-state index contributed by atoms with van der Waals surface area (Å²) in [6.07, 6.45) is 0.379. The number of aromatic nitrogens is 1. The van der Waals surface area contributed by atoms with Gasteiger partial charge >= 0.3 is 5.97 Å². The third-order valence-electron chi connectivity index (χ3n) is 7.07. The molecule has 0 unspecified atom stereocenters. The van der Waals surface area contributed by atoms with Gasteiger partial charge in [0.15, 0.2) is 5.75 Å². The van der Waals surface area contributed by atoms with Crippen LogP contribution in [0.15, 0.2) is 103 Å². The number of carboxylic acids is 1. The molecule has 8 heteroatoms. The zero-order valence-electron chi connectivity index (χ0n) is 21.7. The van der Waals surface area contributed by atoms with Crippen LogP contribution in [0.25, 0.3) is 10.9 Å². The van der Waals surface area contributed by atoms with Gasteiger partial charge in [-0.1, -0.05) is 78.9 Å². The summed E-state index contributed by atoms with van der Waals surface area (Å²) < 4.78 is 20.2. The van der Waals surface area contributed by atoms with E-state index in [-0.39, 0.29) is 34.5 Å². The van der Waals surface area contributed by atoms with E-state index in [4.69, 9.17) is 4.74 Å². The van der Waals surface area contributed by atoms with E-state index in [0.717, 1.165) is 16.0 Å². The maximum atomic E-state index is 14.0. The first-order valence-electron chi connectivity index (χ1n) is 12.9. The van der Waals surface area contributed by atoms with Crippen molar-refractivity contribution < 1.29 is 28.6 Å². The Kier molecular flexibility index (Phi) is 6.73. The summed E-state index contributed by atoms with van der Waals surface area (Å²) in [5.41, 5.74) is 2.59. The summed E-state index contributed by atoms with van der Waals surface area (Å²) in [6.45, 7) is -0.122. The van der Waals surface area contributed by atoms with Crippen LogP contribution in [0.5, 0.6) is 5.75 Å². The second-order valence-electron chi connectivity index (χ2n) is 9.67. The topological polar surface area (TPSA) is 96.8 Å². The number of hydrogen-bond acceptors (Lipinski definition) is 5. The number of pyridine rings is 1. The number of hydrogen-bond donors (Lipinski definition) is 1. The van der Waals surface area contributed by atoms with E-state index in [2.05, 4.69) is 4.98 Å². The molecule has 41 heavy (non-hydrogen) atoms. The Labute approximate surface area is 234 Å². The van der Waals surface area contributed by atoms with Crippen LogP contribution in [0.1, 0.15) is 49.1 Å². The van der Waals surface area contributed by atoms with E-state index in [0.29, 0.717) is 10.9 Å². The molecule has 202 valence electrons. The van der Waals surface area contributed by atoms with Gasteiger partial charge in [0.05, 0.1) is 24.1 Å². The average molecular weight is 547 g/mol. The Balaban J connectivity index is 1.57. The van der Waals surface area contributed by atoms with Gasteiger partial charge < -0.3 is 9.84 Å². The third-order valence-corrected chi connectivity index (χ3v) is 7.07. The van der Waals surface area contributed by atoms with Gasteiger partial charge in [-0.25, -0.2) is 4.39 Å². The Morgan fingerprint density at radius 2 is 1.44 bits per heavy atom. The number of amides is 2. The maximum Gasteiger partial charge on any atom is 0.307 e. The predicted octanol–water partition coefficient (Wildman–Crippen LogP) is 5.97. The van der Waals surface area contributed by atoms with E-state index < -0.39 is 36.1 Å². The third kappa shape index (κ3) is 4.80. The highest BCUT2D eigenvalue weighted by Gasteiger charge is 2.43. The molecule has 4 aromatic carbocycles. The van der Waals surface area contributed by atoms with Gasteiger partial charge in [0.2, 0.25) is 0 Å². The van der Waals surface area contributed by atoms with Crippen LogP contribution in [-0.4, -0.2) is 32.8 Å². The van der Waals surface area contributed by atoms with Gasteiger partial charge in [0.1, 0.15) is 17.4 Å². The summed E-state index contributed by atoms with van der Waals surface area (Å²) in [7, 11) is 0. The van der Waals surface area contributed by atoms with E-state index in [9.17, 15) is 23.9 Å². The molecule has 1 aliphatic rings. The highest BCUT2D eigenvalue weighted by Crippen LogP contribution is 2.43. The summed E-state index contributed by atoms with van der Waals surface area (Å²) >= 11 is 0. The molecule has 0 aliphatic carbocycles. The minimum Gasteiger partial charge on any atom is -0.481 e. The monoisotopic (exact) mass is 546 g/mol. The van der Waals surface area contributed by atoms with Crippen LogP contribution >= 0.6 is 0 Å². The zero-order chi connectivity index (χ0) is 28.5. The summed E-state index contributed by atoms with van der Waals surface area (Å²) in [5, 5.41) is 10.2. The van der Waals surface area contributed by atoms with Crippen molar-refractivity contribution >= 4 is 28.7 Å². The predicted molar refractivity (Wildman–Crippen MR) is 149 cm³/mol. The Hall–Kier alpha value is -5.37. The van der Waals surface area contributed by atoms with E-state index in [1.807, 2.05) is 60.7 Å². The lowest BCUT2D eigenvalue weighted by Crippen LogP contribution is -2.29. The van der Waals surface area contributed by atoms with E-state index in [1.165, 1.54) is 30.5 Å². The molecule has 5 aromatic rings. The lowest BCUT2D eigenvalue weighted by Gasteiger charge is -2.23. The van der Waals surface area contributed by atoms with Crippen LogP contribution in [0, 0.1) is 5.82 Å². The highest BCUT2D eigenvalue weighted by atomic mass is 19.1. The van der Waals surface area contributed by atoms with E-state index in [1.54, 1.807) is 12.1 Å². The minimum absolute atomic E-state index is 0.0186. The molecule has 1 aromatic heterocycles. The molecule has 0 saturated heterocycles. The number of carboxylic acid groups (broad SMARTS) is 1. The summed E-state index contributed by atoms with van der Waals surface area (Å²) in [4.78, 5) is 45.4. The first-order valence-corrected chi connectivity index (χ1v) is 12.9. The van der Waals surface area contributed by atoms with Crippen molar-refractivity contribution in [2.75, 3.05) is 0 Å². The number of benzene rings is 4. The van der Waals surface area contributed by atoms with Crippen LogP contribution in [0.4, 0.5) is 4.39 Å². The molecular weight excluding hydrogens is 523 g/mol. The first-order chi connectivity index (χ1) is 19.9. The molecule has 7 nitrogen and oxygen atoms in total. The molecule has 1 aliphatic heterocycles. The smallest absolute Gasteiger partial charge is 0.307 e. The van der Waals surface area contributed by atoms with Gasteiger partial charge in [-0.3, -0.25) is 24.3 Å². The molecule has 0 spiro atoms. The Morgan fingerprint density at radius 3 is 2.05 bits per heavy atom. The fraction of sp³-hybridized carbons (Fsp3) is 0.0909. The highest BCUT2D eigenvalue weighted by molar-refractivity contribution is 6.26. The lowest BCUT2D eigenvalue weighted by molar-refractivity contribution is -0.136. The van der Waals surface area contributed by atoms with Crippen molar-refractivity contribution in [1.29, 1.82) is 0 Å². The van der Waals surface area contributed by atoms with Crippen LogP contribution in [0.3, 0.4) is 0 Å². The quantitative estimate of drug-likeness (QED) is 0.241. The molecule has 0 atom stereocenters. The second kappa shape index (κ2) is 10.7. The molecule has 0 radical (unpaired) electrons. The molecule has 2 heterocycles. The van der Waals surface area contributed by atoms with Gasteiger partial charge in [-0.15, -0.1) is 0 Å². The van der Waals surface area contributed by atoms with Gasteiger partial charge in [-0.05, 0) is 40.5 Å². The molecular formula is C33H23FN2O5. The van der Waals surface area contributed by atoms with Crippen molar-refractivity contribution in [3.05, 3.63) is 142 Å².